The van der Waals surface area contributed by atoms with Crippen LogP contribution >= 0.6 is 0 Å². The first kappa shape index (κ1) is 25.6. The Morgan fingerprint density at radius 1 is 1.14 bits per heavy atom. The van der Waals surface area contributed by atoms with E-state index in [-0.39, 0.29) is 12.4 Å². The summed E-state index contributed by atoms with van der Waals surface area (Å²) in [5, 5.41) is 12.2. The van der Waals surface area contributed by atoms with Gasteiger partial charge in [-0.25, -0.2) is 0 Å². The van der Waals surface area contributed by atoms with Crippen molar-refractivity contribution in [2.75, 3.05) is 13.2 Å². The van der Waals surface area contributed by atoms with Crippen molar-refractivity contribution in [1.29, 1.82) is 0 Å². The quantitative estimate of drug-likeness (QED) is 0.324. The second-order valence-electron chi connectivity index (χ2n) is 9.82. The van der Waals surface area contributed by atoms with Gasteiger partial charge in [0.2, 0.25) is 0 Å². The van der Waals surface area contributed by atoms with Crippen LogP contribution in [0.3, 0.4) is 0 Å². The highest BCUT2D eigenvalue weighted by Crippen LogP contribution is 2.42. The summed E-state index contributed by atoms with van der Waals surface area (Å²) in [4.78, 5) is 17.2. The lowest BCUT2D eigenvalue weighted by molar-refractivity contribution is -0.142. The number of aryl methyl sites for hydroxylation is 1. The average Bonchev–Trinajstić information content (AvgIpc) is 2.86. The minimum absolute atomic E-state index is 0.212. The van der Waals surface area contributed by atoms with Crippen LogP contribution in [0.5, 0.6) is 5.75 Å². The van der Waals surface area contributed by atoms with Gasteiger partial charge in [0.25, 0.3) is 0 Å². The summed E-state index contributed by atoms with van der Waals surface area (Å²) in [6.07, 6.45) is 3.81. The Hall–Kier alpha value is -3.44. The number of ether oxygens (including phenoxy) is 2. The predicted molar refractivity (Wildman–Crippen MR) is 146 cm³/mol. The van der Waals surface area contributed by atoms with Gasteiger partial charge >= 0.3 is 5.97 Å². The van der Waals surface area contributed by atoms with Crippen LogP contribution in [0.4, 0.5) is 0 Å². The highest BCUT2D eigenvalue weighted by Gasteiger charge is 2.22. The van der Waals surface area contributed by atoms with E-state index in [1.165, 1.54) is 5.56 Å². The normalized spacial score (nSPS) is 12.6. The van der Waals surface area contributed by atoms with Gasteiger partial charge in [-0.15, -0.1) is 0 Å². The van der Waals surface area contributed by atoms with Gasteiger partial charge in [-0.2, -0.15) is 0 Å². The summed E-state index contributed by atoms with van der Waals surface area (Å²) in [6, 6.07) is 16.6. The zero-order chi connectivity index (χ0) is 25.9. The van der Waals surface area contributed by atoms with Gasteiger partial charge in [-0.05, 0) is 85.3 Å². The van der Waals surface area contributed by atoms with Crippen LogP contribution < -0.4 is 4.74 Å². The molecule has 0 aliphatic carbocycles. The molecule has 5 heteroatoms. The Morgan fingerprint density at radius 2 is 1.89 bits per heavy atom. The molecule has 2 heterocycles. The van der Waals surface area contributed by atoms with Crippen molar-refractivity contribution in [3.63, 3.8) is 0 Å². The van der Waals surface area contributed by atoms with E-state index in [0.717, 1.165) is 62.5 Å². The fraction of sp³-hybridized carbons (Fsp3) is 0.355. The SMILES string of the molecule is CCC(C)(C)O.CCOC(=O)Cc1c(C)cc2ccccc2c1-c1ccc2c3c(ccnc13)CCO2. The Balaban J connectivity index is 0.000000455. The Morgan fingerprint density at radius 3 is 2.61 bits per heavy atom. The molecular weight excluding hydrogens is 450 g/mol. The number of esters is 1. The van der Waals surface area contributed by atoms with Gasteiger partial charge < -0.3 is 14.6 Å². The van der Waals surface area contributed by atoms with Gasteiger partial charge in [0.15, 0.2) is 0 Å². The van der Waals surface area contributed by atoms with Crippen LogP contribution in [0, 0.1) is 6.92 Å². The van der Waals surface area contributed by atoms with E-state index in [1.54, 1.807) is 13.8 Å². The third kappa shape index (κ3) is 5.36. The van der Waals surface area contributed by atoms with Gasteiger partial charge in [0.1, 0.15) is 5.75 Å². The van der Waals surface area contributed by atoms with Gasteiger partial charge in [0, 0.05) is 23.6 Å². The van der Waals surface area contributed by atoms with Crippen molar-refractivity contribution >= 4 is 27.6 Å². The molecule has 0 radical (unpaired) electrons. The Kier molecular flexibility index (Phi) is 7.60. The summed E-state index contributed by atoms with van der Waals surface area (Å²) in [6.45, 7) is 10.5. The molecule has 5 nitrogen and oxygen atoms in total. The number of nitrogens with zero attached hydrogens (tertiary/aromatic N) is 1. The van der Waals surface area contributed by atoms with Crippen LogP contribution in [-0.4, -0.2) is 34.9 Å². The van der Waals surface area contributed by atoms with E-state index in [1.807, 2.05) is 38.2 Å². The van der Waals surface area contributed by atoms with Gasteiger partial charge in [-0.3, -0.25) is 9.78 Å². The molecule has 0 atom stereocenters. The molecule has 0 unspecified atom stereocenters. The highest BCUT2D eigenvalue weighted by atomic mass is 16.5. The van der Waals surface area contributed by atoms with Crippen LogP contribution in [0.15, 0.2) is 54.7 Å². The van der Waals surface area contributed by atoms with Crippen LogP contribution in [0.2, 0.25) is 0 Å². The van der Waals surface area contributed by atoms with E-state index in [9.17, 15) is 4.79 Å². The van der Waals surface area contributed by atoms with E-state index < -0.39 is 5.60 Å². The number of carbonyl (C=O) groups excluding carboxylic acids is 1. The minimum atomic E-state index is -0.458. The van der Waals surface area contributed by atoms with Crippen molar-refractivity contribution in [3.8, 4) is 16.9 Å². The summed E-state index contributed by atoms with van der Waals surface area (Å²) in [5.74, 6) is 0.670. The molecule has 0 saturated heterocycles. The number of hydrogen-bond donors (Lipinski definition) is 1. The Labute approximate surface area is 213 Å². The fourth-order valence-corrected chi connectivity index (χ4v) is 4.53. The van der Waals surface area contributed by atoms with E-state index in [4.69, 9.17) is 19.6 Å². The lowest BCUT2D eigenvalue weighted by Crippen LogP contribution is -2.15. The summed E-state index contributed by atoms with van der Waals surface area (Å²) >= 11 is 0. The summed E-state index contributed by atoms with van der Waals surface area (Å²) in [5.41, 5.74) is 5.87. The molecule has 3 aromatic carbocycles. The maximum absolute atomic E-state index is 12.5. The van der Waals surface area contributed by atoms with E-state index >= 15 is 0 Å². The van der Waals surface area contributed by atoms with Crippen LogP contribution in [0.1, 0.15) is 50.8 Å². The molecule has 188 valence electrons. The average molecular weight is 486 g/mol. The third-order valence-corrected chi connectivity index (χ3v) is 6.71. The zero-order valence-corrected chi connectivity index (χ0v) is 21.9. The van der Waals surface area contributed by atoms with Crippen molar-refractivity contribution in [2.24, 2.45) is 0 Å². The van der Waals surface area contributed by atoms with Crippen molar-refractivity contribution in [1.82, 2.24) is 4.98 Å². The third-order valence-electron chi connectivity index (χ3n) is 6.71. The monoisotopic (exact) mass is 485 g/mol. The van der Waals surface area contributed by atoms with Crippen LogP contribution in [-0.2, 0) is 22.4 Å². The van der Waals surface area contributed by atoms with Gasteiger partial charge in [0.05, 0.1) is 30.8 Å². The number of benzene rings is 3. The maximum atomic E-state index is 12.5. The Bertz CT molecular complexity index is 1390. The lowest BCUT2D eigenvalue weighted by Gasteiger charge is -2.22. The smallest absolute Gasteiger partial charge is 0.310 e. The number of fused-ring (bicyclic) bond motifs is 1. The molecule has 0 saturated carbocycles. The molecule has 1 aromatic heterocycles. The molecule has 4 aromatic rings. The predicted octanol–water partition coefficient (Wildman–Crippen LogP) is 6.57. The first-order valence-electron chi connectivity index (χ1n) is 12.7. The first-order valence-corrected chi connectivity index (χ1v) is 12.7. The number of aromatic nitrogens is 1. The first-order chi connectivity index (χ1) is 17.2. The second kappa shape index (κ2) is 10.7. The fourth-order valence-electron chi connectivity index (χ4n) is 4.53. The number of rotatable bonds is 5. The van der Waals surface area contributed by atoms with E-state index in [2.05, 4.69) is 37.3 Å². The molecule has 36 heavy (non-hydrogen) atoms. The second-order valence-corrected chi connectivity index (χ2v) is 9.82. The molecular formula is C31H35NO4. The molecule has 0 fully saturated rings. The molecule has 1 aliphatic rings. The largest absolute Gasteiger partial charge is 0.493 e. The summed E-state index contributed by atoms with van der Waals surface area (Å²) in [7, 11) is 0. The number of hydrogen-bond acceptors (Lipinski definition) is 5. The van der Waals surface area contributed by atoms with Crippen molar-refractivity contribution in [3.05, 3.63) is 71.4 Å². The molecule has 1 N–H and O–H groups in total. The molecule has 1 aliphatic heterocycles. The molecule has 0 amide bonds. The number of carbonyl (C=O) groups is 1. The van der Waals surface area contributed by atoms with Crippen LogP contribution in [0.25, 0.3) is 32.8 Å². The van der Waals surface area contributed by atoms with Crippen molar-refractivity contribution in [2.45, 2.75) is 59.5 Å². The summed E-state index contributed by atoms with van der Waals surface area (Å²) < 4.78 is 11.2. The number of aliphatic hydroxyl groups is 1. The van der Waals surface area contributed by atoms with Gasteiger partial charge in [-0.1, -0.05) is 37.3 Å². The lowest BCUT2D eigenvalue weighted by atomic mass is 9.87. The zero-order valence-electron chi connectivity index (χ0n) is 21.9. The minimum Gasteiger partial charge on any atom is -0.493 e. The topological polar surface area (TPSA) is 68.7 Å². The highest BCUT2D eigenvalue weighted by molar-refractivity contribution is 6.08. The molecule has 5 rings (SSSR count). The van der Waals surface area contributed by atoms with E-state index in [0.29, 0.717) is 13.2 Å². The van der Waals surface area contributed by atoms with Crippen molar-refractivity contribution < 1.29 is 19.4 Å². The molecule has 0 spiro atoms. The number of pyridine rings is 1. The standard InChI is InChI=1S/C26H23NO3.C5H12O/c1-3-29-23(28)15-21-16(2)14-18-6-4-5-7-19(18)25(21)20-8-9-22-24-17(11-13-30-22)10-12-27-26(20)24;1-4-5(2,3)6/h4-10,12,14H,3,11,13,15H2,1-2H3;6H,4H2,1-3H3. The molecule has 0 bridgehead atoms. The maximum Gasteiger partial charge on any atom is 0.310 e.